The molecule has 0 saturated heterocycles. The van der Waals surface area contributed by atoms with Crippen molar-refractivity contribution in [3.63, 3.8) is 0 Å². The molecule has 1 heterocycles. The normalized spacial score (nSPS) is 17.4. The maximum atomic E-state index is 4.74. The molecule has 0 amide bonds. The van der Waals surface area contributed by atoms with E-state index in [2.05, 4.69) is 43.4 Å². The van der Waals surface area contributed by atoms with Crippen molar-refractivity contribution in [3.8, 4) is 0 Å². The monoisotopic (exact) mass is 240 g/mol. The maximum absolute atomic E-state index is 4.74. The molecule has 1 atom stereocenters. The van der Waals surface area contributed by atoms with E-state index in [9.17, 15) is 0 Å². The number of rotatable bonds is 3. The zero-order valence-corrected chi connectivity index (χ0v) is 11.1. The largest absolute Gasteiger partial charge is 0.367 e. The van der Waals surface area contributed by atoms with E-state index in [1.165, 1.54) is 30.2 Å². The molecule has 1 aliphatic carbocycles. The summed E-state index contributed by atoms with van der Waals surface area (Å²) >= 11 is 0. The first-order chi connectivity index (χ1) is 8.74. The van der Waals surface area contributed by atoms with E-state index in [0.717, 1.165) is 17.3 Å². The number of benzene rings is 1. The zero-order chi connectivity index (χ0) is 12.5. The van der Waals surface area contributed by atoms with Gasteiger partial charge in [-0.2, -0.15) is 0 Å². The van der Waals surface area contributed by atoms with E-state index in [0.29, 0.717) is 6.04 Å². The highest BCUT2D eigenvalue weighted by Crippen LogP contribution is 2.31. The summed E-state index contributed by atoms with van der Waals surface area (Å²) in [4.78, 5) is 4.74. The highest BCUT2D eigenvalue weighted by Gasteiger charge is 2.24. The van der Waals surface area contributed by atoms with Gasteiger partial charge in [0.15, 0.2) is 0 Å². The van der Waals surface area contributed by atoms with E-state index in [4.69, 9.17) is 4.98 Å². The van der Waals surface area contributed by atoms with Crippen LogP contribution < -0.4 is 5.32 Å². The smallest absolute Gasteiger partial charge is 0.129 e. The molecule has 1 fully saturated rings. The summed E-state index contributed by atoms with van der Waals surface area (Å²) in [6.07, 6.45) is 4.11. The Morgan fingerprint density at radius 1 is 1.28 bits per heavy atom. The number of pyridine rings is 1. The van der Waals surface area contributed by atoms with Crippen molar-refractivity contribution < 1.29 is 0 Å². The molecule has 2 aromatic rings. The van der Waals surface area contributed by atoms with Crippen LogP contribution in [0.25, 0.3) is 10.9 Å². The molecule has 0 radical (unpaired) electrons. The van der Waals surface area contributed by atoms with Gasteiger partial charge in [-0.15, -0.1) is 0 Å². The second-order valence-electron chi connectivity index (χ2n) is 5.47. The van der Waals surface area contributed by atoms with Crippen LogP contribution in [0.3, 0.4) is 0 Å². The Bertz CT molecular complexity index is 558. The van der Waals surface area contributed by atoms with Gasteiger partial charge in [-0.1, -0.05) is 24.6 Å². The Hall–Kier alpha value is -1.57. The van der Waals surface area contributed by atoms with Crippen LogP contribution in [0.1, 0.15) is 31.7 Å². The van der Waals surface area contributed by atoms with Gasteiger partial charge in [0.1, 0.15) is 5.82 Å². The van der Waals surface area contributed by atoms with Gasteiger partial charge >= 0.3 is 0 Å². The van der Waals surface area contributed by atoms with Crippen LogP contribution in [0, 0.1) is 12.8 Å². The lowest BCUT2D eigenvalue weighted by Gasteiger charge is -2.32. The Morgan fingerprint density at radius 2 is 2.06 bits per heavy atom. The SMILES string of the molecule is Cc1cc2ccccc2nc1NC(C)C1CCC1. The van der Waals surface area contributed by atoms with Crippen LogP contribution in [0.15, 0.2) is 30.3 Å². The predicted octanol–water partition coefficient (Wildman–Crippen LogP) is 4.14. The van der Waals surface area contributed by atoms with Crippen molar-refractivity contribution in [2.75, 3.05) is 5.32 Å². The second-order valence-corrected chi connectivity index (χ2v) is 5.47. The third-order valence-electron chi connectivity index (χ3n) is 4.14. The first-order valence-corrected chi connectivity index (χ1v) is 6.87. The van der Waals surface area contributed by atoms with Crippen molar-refractivity contribution >= 4 is 16.7 Å². The molecule has 1 aromatic heterocycles. The zero-order valence-electron chi connectivity index (χ0n) is 11.1. The molecule has 3 rings (SSSR count). The first-order valence-electron chi connectivity index (χ1n) is 6.87. The molecular formula is C16H20N2. The Morgan fingerprint density at radius 3 is 2.78 bits per heavy atom. The Balaban J connectivity index is 1.88. The van der Waals surface area contributed by atoms with Crippen LogP contribution in [0.4, 0.5) is 5.82 Å². The van der Waals surface area contributed by atoms with E-state index in [-0.39, 0.29) is 0 Å². The highest BCUT2D eigenvalue weighted by atomic mass is 15.0. The molecule has 2 nitrogen and oxygen atoms in total. The summed E-state index contributed by atoms with van der Waals surface area (Å²) in [5.41, 5.74) is 2.31. The van der Waals surface area contributed by atoms with Crippen molar-refractivity contribution in [2.45, 2.75) is 39.2 Å². The number of nitrogens with zero attached hydrogens (tertiary/aromatic N) is 1. The van der Waals surface area contributed by atoms with Gasteiger partial charge in [-0.05, 0) is 50.3 Å². The number of aromatic nitrogens is 1. The lowest BCUT2D eigenvalue weighted by atomic mass is 9.80. The topological polar surface area (TPSA) is 24.9 Å². The summed E-state index contributed by atoms with van der Waals surface area (Å²) in [5, 5.41) is 4.81. The van der Waals surface area contributed by atoms with Crippen LogP contribution in [0.2, 0.25) is 0 Å². The summed E-state index contributed by atoms with van der Waals surface area (Å²) < 4.78 is 0. The molecule has 2 heteroatoms. The van der Waals surface area contributed by atoms with Crippen LogP contribution >= 0.6 is 0 Å². The Kier molecular flexibility index (Phi) is 2.94. The fraction of sp³-hybridized carbons (Fsp3) is 0.438. The highest BCUT2D eigenvalue weighted by molar-refractivity contribution is 5.81. The first kappa shape index (κ1) is 11.5. The average Bonchev–Trinajstić information content (AvgIpc) is 2.27. The van der Waals surface area contributed by atoms with Crippen LogP contribution in [-0.4, -0.2) is 11.0 Å². The van der Waals surface area contributed by atoms with Gasteiger partial charge in [0.05, 0.1) is 5.52 Å². The van der Waals surface area contributed by atoms with Gasteiger partial charge in [0.25, 0.3) is 0 Å². The molecule has 18 heavy (non-hydrogen) atoms. The number of aryl methyl sites for hydroxylation is 1. The number of anilines is 1. The van der Waals surface area contributed by atoms with Crippen molar-refractivity contribution in [1.29, 1.82) is 0 Å². The number of hydrogen-bond acceptors (Lipinski definition) is 2. The summed E-state index contributed by atoms with van der Waals surface area (Å²) in [7, 11) is 0. The molecule has 0 bridgehead atoms. The Labute approximate surface area is 108 Å². The number of fused-ring (bicyclic) bond motifs is 1. The maximum Gasteiger partial charge on any atom is 0.129 e. The fourth-order valence-corrected chi connectivity index (χ4v) is 2.64. The number of nitrogens with one attached hydrogen (secondary N) is 1. The van der Waals surface area contributed by atoms with Gasteiger partial charge in [0, 0.05) is 11.4 Å². The molecule has 1 unspecified atom stereocenters. The molecule has 1 N–H and O–H groups in total. The van der Waals surface area contributed by atoms with E-state index in [1.54, 1.807) is 0 Å². The van der Waals surface area contributed by atoms with Crippen molar-refractivity contribution in [2.24, 2.45) is 5.92 Å². The third kappa shape index (κ3) is 2.07. The van der Waals surface area contributed by atoms with Gasteiger partial charge < -0.3 is 5.32 Å². The molecule has 94 valence electrons. The van der Waals surface area contributed by atoms with Gasteiger partial charge in [-0.25, -0.2) is 4.98 Å². The summed E-state index contributed by atoms with van der Waals surface area (Å²) in [6.45, 7) is 4.41. The fourth-order valence-electron chi connectivity index (χ4n) is 2.64. The third-order valence-corrected chi connectivity index (χ3v) is 4.14. The standard InChI is InChI=1S/C16H20N2/c1-11-10-14-6-3-4-9-15(14)18-16(11)17-12(2)13-7-5-8-13/h3-4,6,9-10,12-13H,5,7-8H2,1-2H3,(H,17,18). The minimum Gasteiger partial charge on any atom is -0.367 e. The molecule has 1 aliphatic rings. The van der Waals surface area contributed by atoms with Crippen LogP contribution in [0.5, 0.6) is 0 Å². The number of para-hydroxylation sites is 1. The predicted molar refractivity (Wildman–Crippen MR) is 76.9 cm³/mol. The van der Waals surface area contributed by atoms with Gasteiger partial charge in [0.2, 0.25) is 0 Å². The van der Waals surface area contributed by atoms with Crippen molar-refractivity contribution in [1.82, 2.24) is 4.98 Å². The molecule has 1 aromatic carbocycles. The minimum atomic E-state index is 0.533. The lowest BCUT2D eigenvalue weighted by Crippen LogP contribution is -2.31. The molecular weight excluding hydrogens is 220 g/mol. The second kappa shape index (κ2) is 4.60. The average molecular weight is 240 g/mol. The lowest BCUT2D eigenvalue weighted by molar-refractivity contribution is 0.285. The summed E-state index contributed by atoms with van der Waals surface area (Å²) in [6, 6.07) is 11.1. The quantitative estimate of drug-likeness (QED) is 0.872. The number of hydrogen-bond donors (Lipinski definition) is 1. The van der Waals surface area contributed by atoms with Gasteiger partial charge in [-0.3, -0.25) is 0 Å². The molecule has 1 saturated carbocycles. The van der Waals surface area contributed by atoms with Crippen LogP contribution in [-0.2, 0) is 0 Å². The van der Waals surface area contributed by atoms with E-state index in [1.807, 2.05) is 6.07 Å². The van der Waals surface area contributed by atoms with Crippen molar-refractivity contribution in [3.05, 3.63) is 35.9 Å². The van der Waals surface area contributed by atoms with E-state index >= 15 is 0 Å². The molecule has 0 aliphatic heterocycles. The van der Waals surface area contributed by atoms with E-state index < -0.39 is 0 Å². The molecule has 0 spiro atoms. The minimum absolute atomic E-state index is 0.533. The summed E-state index contributed by atoms with van der Waals surface area (Å²) in [5.74, 6) is 1.88.